The lowest BCUT2D eigenvalue weighted by Gasteiger charge is -2.14. The Hall–Kier alpha value is -3.06. The van der Waals surface area contributed by atoms with Crippen molar-refractivity contribution in [3.05, 3.63) is 70.7 Å². The summed E-state index contributed by atoms with van der Waals surface area (Å²) in [4.78, 5) is 24.7. The topological polar surface area (TPSA) is 76.7 Å². The first-order valence-corrected chi connectivity index (χ1v) is 10.8. The molecule has 2 amide bonds. The lowest BCUT2D eigenvalue weighted by atomic mass is 10.1. The molecule has 7 heteroatoms. The maximum Gasteiger partial charge on any atom is 0.276 e. The van der Waals surface area contributed by atoms with Gasteiger partial charge in [0.15, 0.2) is 6.61 Å². The molecule has 3 aromatic rings. The third-order valence-corrected chi connectivity index (χ3v) is 5.04. The van der Waals surface area contributed by atoms with Gasteiger partial charge in [0.05, 0.1) is 12.2 Å². The minimum Gasteiger partial charge on any atom is -0.493 e. The van der Waals surface area contributed by atoms with Gasteiger partial charge < -0.3 is 9.47 Å². The number of amides is 2. The maximum absolute atomic E-state index is 12.6. The summed E-state index contributed by atoms with van der Waals surface area (Å²) in [5, 5.41) is 2.11. The van der Waals surface area contributed by atoms with Crippen LogP contribution in [0.3, 0.4) is 0 Å². The van der Waals surface area contributed by atoms with Crippen LogP contribution < -0.4 is 20.3 Å². The SMILES string of the molecule is CC(C)CCOc1ccc(Br)cc1C(=O)NNC(=O)COc1ccc2ccccc2c1. The zero-order valence-corrected chi connectivity index (χ0v) is 19.1. The van der Waals surface area contributed by atoms with Gasteiger partial charge in [-0.05, 0) is 53.4 Å². The van der Waals surface area contributed by atoms with Gasteiger partial charge in [-0.15, -0.1) is 0 Å². The Kier molecular flexibility index (Phi) is 7.89. The lowest BCUT2D eigenvalue weighted by molar-refractivity contribution is -0.123. The van der Waals surface area contributed by atoms with Gasteiger partial charge in [0.25, 0.3) is 11.8 Å². The Balaban J connectivity index is 1.53. The van der Waals surface area contributed by atoms with Gasteiger partial charge in [0.2, 0.25) is 0 Å². The van der Waals surface area contributed by atoms with Crippen molar-refractivity contribution in [2.24, 2.45) is 5.92 Å². The third kappa shape index (κ3) is 6.72. The van der Waals surface area contributed by atoms with Gasteiger partial charge in [-0.2, -0.15) is 0 Å². The van der Waals surface area contributed by atoms with Gasteiger partial charge >= 0.3 is 0 Å². The number of ether oxygens (including phenoxy) is 2. The fourth-order valence-electron chi connectivity index (χ4n) is 2.85. The second-order valence-electron chi connectivity index (χ2n) is 7.47. The van der Waals surface area contributed by atoms with Crippen LogP contribution in [0.5, 0.6) is 11.5 Å². The van der Waals surface area contributed by atoms with E-state index in [1.165, 1.54) is 0 Å². The highest BCUT2D eigenvalue weighted by atomic mass is 79.9. The summed E-state index contributed by atoms with van der Waals surface area (Å²) in [6.07, 6.45) is 0.875. The van der Waals surface area contributed by atoms with Crippen molar-refractivity contribution in [3.63, 3.8) is 0 Å². The molecule has 0 atom stereocenters. The van der Waals surface area contributed by atoms with Crippen molar-refractivity contribution < 1.29 is 19.1 Å². The van der Waals surface area contributed by atoms with E-state index in [4.69, 9.17) is 9.47 Å². The van der Waals surface area contributed by atoms with Crippen LogP contribution in [0, 0.1) is 5.92 Å². The molecule has 0 aliphatic heterocycles. The van der Waals surface area contributed by atoms with E-state index >= 15 is 0 Å². The fourth-order valence-corrected chi connectivity index (χ4v) is 3.21. The molecule has 0 fully saturated rings. The van der Waals surface area contributed by atoms with Crippen molar-refractivity contribution in [3.8, 4) is 11.5 Å². The third-order valence-electron chi connectivity index (χ3n) is 4.55. The van der Waals surface area contributed by atoms with Crippen molar-refractivity contribution >= 4 is 38.5 Å². The first-order valence-electron chi connectivity index (χ1n) is 10.1. The summed E-state index contributed by atoms with van der Waals surface area (Å²) in [7, 11) is 0. The molecule has 0 saturated heterocycles. The van der Waals surface area contributed by atoms with Gasteiger partial charge in [-0.1, -0.05) is 60.1 Å². The van der Waals surface area contributed by atoms with E-state index < -0.39 is 11.8 Å². The standard InChI is InChI=1S/C24H25BrN2O4/c1-16(2)11-12-30-22-10-8-19(25)14-21(22)24(29)27-26-23(28)15-31-20-9-7-17-5-3-4-6-18(17)13-20/h3-10,13-14,16H,11-12,15H2,1-2H3,(H,26,28)(H,27,29). The molecule has 0 unspecified atom stereocenters. The highest BCUT2D eigenvalue weighted by Gasteiger charge is 2.15. The molecule has 0 bridgehead atoms. The Bertz CT molecular complexity index is 1070. The zero-order valence-electron chi connectivity index (χ0n) is 17.5. The van der Waals surface area contributed by atoms with Gasteiger partial charge in [-0.25, -0.2) is 0 Å². The van der Waals surface area contributed by atoms with Crippen LogP contribution in [-0.4, -0.2) is 25.0 Å². The van der Waals surface area contributed by atoms with Crippen LogP contribution in [0.15, 0.2) is 65.1 Å². The van der Waals surface area contributed by atoms with Gasteiger partial charge in [0.1, 0.15) is 11.5 Å². The van der Waals surface area contributed by atoms with Crippen molar-refractivity contribution in [2.75, 3.05) is 13.2 Å². The van der Waals surface area contributed by atoms with Crippen LogP contribution in [0.1, 0.15) is 30.6 Å². The average Bonchev–Trinajstić information content (AvgIpc) is 2.76. The molecule has 6 nitrogen and oxygen atoms in total. The molecule has 3 rings (SSSR count). The Labute approximate surface area is 190 Å². The number of hydrogen-bond donors (Lipinski definition) is 2. The molecule has 0 radical (unpaired) electrons. The van der Waals surface area contributed by atoms with E-state index in [-0.39, 0.29) is 6.61 Å². The number of hydrazine groups is 1. The predicted octanol–water partition coefficient (Wildman–Crippen LogP) is 4.87. The second-order valence-corrected chi connectivity index (χ2v) is 8.39. The molecule has 0 aromatic heterocycles. The molecule has 0 aliphatic rings. The van der Waals surface area contributed by atoms with Crippen molar-refractivity contribution in [1.82, 2.24) is 10.9 Å². The first-order chi connectivity index (χ1) is 14.9. The summed E-state index contributed by atoms with van der Waals surface area (Å²) in [6.45, 7) is 4.49. The normalized spacial score (nSPS) is 10.7. The number of nitrogens with one attached hydrogen (secondary N) is 2. The first kappa shape index (κ1) is 22.6. The van der Waals surface area contributed by atoms with Crippen LogP contribution in [0.4, 0.5) is 0 Å². The highest BCUT2D eigenvalue weighted by Crippen LogP contribution is 2.24. The quantitative estimate of drug-likeness (QED) is 0.447. The Morgan fingerprint density at radius 1 is 0.935 bits per heavy atom. The molecule has 0 saturated carbocycles. The summed E-state index contributed by atoms with van der Waals surface area (Å²) < 4.78 is 12.0. The van der Waals surface area contributed by atoms with Gasteiger partial charge in [-0.3, -0.25) is 20.4 Å². The van der Waals surface area contributed by atoms with E-state index in [9.17, 15) is 9.59 Å². The lowest BCUT2D eigenvalue weighted by Crippen LogP contribution is -2.44. The number of benzene rings is 3. The minimum atomic E-state index is -0.473. The van der Waals surface area contributed by atoms with Crippen molar-refractivity contribution in [2.45, 2.75) is 20.3 Å². The van der Waals surface area contributed by atoms with Crippen molar-refractivity contribution in [1.29, 1.82) is 0 Å². The van der Waals surface area contributed by atoms with E-state index in [0.717, 1.165) is 21.7 Å². The number of fused-ring (bicyclic) bond motifs is 1. The second kappa shape index (κ2) is 10.8. The van der Waals surface area contributed by atoms with E-state index in [1.807, 2.05) is 36.4 Å². The van der Waals surface area contributed by atoms with Crippen LogP contribution >= 0.6 is 15.9 Å². The molecule has 0 aliphatic carbocycles. The van der Waals surface area contributed by atoms with E-state index in [0.29, 0.717) is 29.6 Å². The number of carbonyl (C=O) groups is 2. The Morgan fingerprint density at radius 3 is 2.48 bits per heavy atom. The molecule has 162 valence electrons. The number of rotatable bonds is 8. The molecule has 2 N–H and O–H groups in total. The number of halogens is 1. The number of hydrogen-bond acceptors (Lipinski definition) is 4. The summed E-state index contributed by atoms with van der Waals surface area (Å²) >= 11 is 3.36. The molecule has 0 spiro atoms. The molecular formula is C24H25BrN2O4. The largest absolute Gasteiger partial charge is 0.493 e. The average molecular weight is 485 g/mol. The molecular weight excluding hydrogens is 460 g/mol. The van der Waals surface area contributed by atoms with Crippen LogP contribution in [0.2, 0.25) is 0 Å². The summed E-state index contributed by atoms with van der Waals surface area (Å²) in [5.74, 6) is 0.587. The molecule has 31 heavy (non-hydrogen) atoms. The summed E-state index contributed by atoms with van der Waals surface area (Å²) in [6, 6.07) is 18.7. The van der Waals surface area contributed by atoms with E-state index in [2.05, 4.69) is 40.6 Å². The molecule has 3 aromatic carbocycles. The van der Waals surface area contributed by atoms with E-state index in [1.54, 1.807) is 24.3 Å². The van der Waals surface area contributed by atoms with Crippen LogP contribution in [-0.2, 0) is 4.79 Å². The fraction of sp³-hybridized carbons (Fsp3) is 0.250. The minimum absolute atomic E-state index is 0.227. The highest BCUT2D eigenvalue weighted by molar-refractivity contribution is 9.10. The zero-order chi connectivity index (χ0) is 22.2. The maximum atomic E-state index is 12.6. The van der Waals surface area contributed by atoms with Crippen LogP contribution in [0.25, 0.3) is 10.8 Å². The number of carbonyl (C=O) groups excluding carboxylic acids is 2. The molecule has 0 heterocycles. The predicted molar refractivity (Wildman–Crippen MR) is 124 cm³/mol. The smallest absolute Gasteiger partial charge is 0.276 e. The monoisotopic (exact) mass is 484 g/mol. The summed E-state index contributed by atoms with van der Waals surface area (Å²) in [5.41, 5.74) is 5.11. The van der Waals surface area contributed by atoms with Gasteiger partial charge in [0, 0.05) is 4.47 Å². The Morgan fingerprint density at radius 2 is 1.71 bits per heavy atom.